The number of hydrogen-bond acceptors (Lipinski definition) is 4. The van der Waals surface area contributed by atoms with Gasteiger partial charge in [0.15, 0.2) is 0 Å². The van der Waals surface area contributed by atoms with Crippen LogP contribution in [0.5, 0.6) is 0 Å². The summed E-state index contributed by atoms with van der Waals surface area (Å²) >= 11 is 0. The van der Waals surface area contributed by atoms with E-state index >= 15 is 0 Å². The van der Waals surface area contributed by atoms with Crippen LogP contribution >= 0.6 is 0 Å². The molecule has 2 amide bonds. The van der Waals surface area contributed by atoms with Gasteiger partial charge in [-0.2, -0.15) is 5.10 Å². The van der Waals surface area contributed by atoms with Gasteiger partial charge in [0.2, 0.25) is 11.8 Å². The van der Waals surface area contributed by atoms with Crippen LogP contribution in [0.3, 0.4) is 0 Å². The molecule has 0 radical (unpaired) electrons. The third-order valence-corrected chi connectivity index (χ3v) is 6.32. The normalized spacial score (nSPS) is 22.7. The molecule has 2 fully saturated rings. The molecule has 0 unspecified atom stereocenters. The van der Waals surface area contributed by atoms with Gasteiger partial charge in [-0.1, -0.05) is 60.7 Å². The lowest BCUT2D eigenvalue weighted by molar-refractivity contribution is -0.147. The van der Waals surface area contributed by atoms with Gasteiger partial charge in [0, 0.05) is 49.9 Å². The van der Waals surface area contributed by atoms with Crippen molar-refractivity contribution < 1.29 is 9.59 Å². The summed E-state index contributed by atoms with van der Waals surface area (Å²) < 4.78 is 1.82. The molecular weight excluding hydrogens is 402 g/mol. The first-order chi connectivity index (χ1) is 15.6. The average Bonchev–Trinajstić information content (AvgIpc) is 3.41. The first kappa shape index (κ1) is 20.5. The summed E-state index contributed by atoms with van der Waals surface area (Å²) in [7, 11) is 1.92. The van der Waals surface area contributed by atoms with Crippen LogP contribution in [0, 0.1) is 0 Å². The van der Waals surface area contributed by atoms with Crippen LogP contribution < -0.4 is 10.6 Å². The van der Waals surface area contributed by atoms with Gasteiger partial charge in [-0.3, -0.25) is 14.3 Å². The smallest absolute Gasteiger partial charge is 0.246 e. The van der Waals surface area contributed by atoms with Gasteiger partial charge in [0.25, 0.3) is 0 Å². The number of aryl methyl sites for hydroxylation is 1. The molecule has 2 aromatic carbocycles. The molecule has 3 atom stereocenters. The van der Waals surface area contributed by atoms with E-state index in [2.05, 4.69) is 27.9 Å². The maximum absolute atomic E-state index is 13.1. The number of fused-ring (bicyclic) bond motifs is 1. The Bertz CT molecular complexity index is 1110. The van der Waals surface area contributed by atoms with E-state index in [9.17, 15) is 9.59 Å². The van der Waals surface area contributed by atoms with Crippen LogP contribution in [-0.4, -0.2) is 51.2 Å². The van der Waals surface area contributed by atoms with Gasteiger partial charge < -0.3 is 15.5 Å². The van der Waals surface area contributed by atoms with Gasteiger partial charge in [-0.25, -0.2) is 0 Å². The van der Waals surface area contributed by atoms with Crippen molar-refractivity contribution in [2.45, 2.75) is 37.5 Å². The minimum atomic E-state index is -0.497. The molecule has 0 saturated carbocycles. The zero-order valence-corrected chi connectivity index (χ0v) is 18.1. The monoisotopic (exact) mass is 429 g/mol. The summed E-state index contributed by atoms with van der Waals surface area (Å²) in [5.41, 5.74) is 4.17. The molecule has 7 nitrogen and oxygen atoms in total. The molecule has 0 aliphatic carbocycles. The number of nitrogens with one attached hydrogen (secondary N) is 2. The predicted octanol–water partition coefficient (Wildman–Crippen LogP) is 1.89. The maximum Gasteiger partial charge on any atom is 0.246 e. The molecule has 164 valence electrons. The molecule has 5 rings (SSSR count). The zero-order chi connectivity index (χ0) is 22.1. The molecular formula is C25H27N5O2. The van der Waals surface area contributed by atoms with Crippen molar-refractivity contribution in [1.29, 1.82) is 0 Å². The maximum atomic E-state index is 13.1. The fourth-order valence-electron chi connectivity index (χ4n) is 4.75. The largest absolute Gasteiger partial charge is 0.342 e. The number of carbonyl (C=O) groups is 2. The minimum Gasteiger partial charge on any atom is -0.342 e. The number of aromatic nitrogens is 2. The molecule has 32 heavy (non-hydrogen) atoms. The Morgan fingerprint density at radius 3 is 2.53 bits per heavy atom. The molecule has 3 heterocycles. The summed E-state index contributed by atoms with van der Waals surface area (Å²) in [5, 5.41) is 11.1. The third-order valence-electron chi connectivity index (χ3n) is 6.32. The summed E-state index contributed by atoms with van der Waals surface area (Å²) in [6.07, 6.45) is 3.16. The highest BCUT2D eigenvalue weighted by Gasteiger charge is 2.46. The number of rotatable bonds is 6. The van der Waals surface area contributed by atoms with Crippen molar-refractivity contribution in [2.75, 3.05) is 6.54 Å². The average molecular weight is 430 g/mol. The first-order valence-electron chi connectivity index (χ1n) is 11.0. The highest BCUT2D eigenvalue weighted by atomic mass is 16.2. The topological polar surface area (TPSA) is 79.3 Å². The van der Waals surface area contributed by atoms with E-state index in [1.165, 1.54) is 0 Å². The number of nitrogens with zero attached hydrogens (tertiary/aromatic N) is 3. The Labute approximate surface area is 187 Å². The number of hydrogen-bond donors (Lipinski definition) is 2. The van der Waals surface area contributed by atoms with Crippen molar-refractivity contribution in [1.82, 2.24) is 25.3 Å². The highest BCUT2D eigenvalue weighted by Crippen LogP contribution is 2.26. The van der Waals surface area contributed by atoms with Crippen LogP contribution in [0.15, 0.2) is 66.9 Å². The van der Waals surface area contributed by atoms with E-state index in [1.54, 1.807) is 4.90 Å². The molecule has 7 heteroatoms. The Morgan fingerprint density at radius 1 is 1.06 bits per heavy atom. The Morgan fingerprint density at radius 2 is 1.78 bits per heavy atom. The molecule has 2 N–H and O–H groups in total. The fraction of sp³-hybridized carbons (Fsp3) is 0.320. The highest BCUT2D eigenvalue weighted by molar-refractivity contribution is 5.97. The standard InChI is InChI=1S/C25H27N5O2/c1-29-15-19(23(28-29)18-10-6-3-7-11-18)14-26-20-13-22-24(31)27-21(25(32)30(22)16-20)12-17-8-4-2-5-9-17/h2-11,15,20-22,26H,12-14,16H2,1H3,(H,27,31)/t20-,21-,22-/m0/s1. The Kier molecular flexibility index (Phi) is 5.49. The van der Waals surface area contributed by atoms with Crippen molar-refractivity contribution in [3.63, 3.8) is 0 Å². The van der Waals surface area contributed by atoms with Crippen LogP contribution in [0.4, 0.5) is 0 Å². The molecule has 2 aliphatic rings. The van der Waals surface area contributed by atoms with E-state index in [1.807, 2.05) is 66.5 Å². The number of carbonyl (C=O) groups excluding carboxylic acids is 2. The fourth-order valence-corrected chi connectivity index (χ4v) is 4.75. The first-order valence-corrected chi connectivity index (χ1v) is 11.0. The lowest BCUT2D eigenvalue weighted by atomic mass is 10.0. The molecule has 3 aromatic rings. The van der Waals surface area contributed by atoms with Gasteiger partial charge in [0.1, 0.15) is 12.1 Å². The Balaban J connectivity index is 1.25. The summed E-state index contributed by atoms with van der Waals surface area (Å²) in [6, 6.07) is 19.1. The van der Waals surface area contributed by atoms with Crippen molar-refractivity contribution >= 4 is 11.8 Å². The van der Waals surface area contributed by atoms with Crippen molar-refractivity contribution in [3.05, 3.63) is 78.0 Å². The number of amides is 2. The van der Waals surface area contributed by atoms with Crippen LogP contribution in [0.1, 0.15) is 17.5 Å². The van der Waals surface area contributed by atoms with Crippen LogP contribution in [0.2, 0.25) is 0 Å². The number of benzene rings is 2. The van der Waals surface area contributed by atoms with Gasteiger partial charge in [-0.05, 0) is 12.0 Å². The quantitative estimate of drug-likeness (QED) is 0.627. The van der Waals surface area contributed by atoms with E-state index in [0.29, 0.717) is 25.9 Å². The molecule has 0 spiro atoms. The third kappa shape index (κ3) is 4.03. The molecule has 0 bridgehead atoms. The molecule has 2 aliphatic heterocycles. The Hall–Kier alpha value is -3.45. The van der Waals surface area contributed by atoms with E-state index in [4.69, 9.17) is 0 Å². The van der Waals surface area contributed by atoms with Crippen LogP contribution in [0.25, 0.3) is 11.3 Å². The minimum absolute atomic E-state index is 0.00843. The van der Waals surface area contributed by atoms with E-state index < -0.39 is 12.1 Å². The summed E-state index contributed by atoms with van der Waals surface area (Å²) in [4.78, 5) is 27.6. The zero-order valence-electron chi connectivity index (χ0n) is 18.1. The van der Waals surface area contributed by atoms with Gasteiger partial charge in [-0.15, -0.1) is 0 Å². The van der Waals surface area contributed by atoms with Crippen molar-refractivity contribution in [3.8, 4) is 11.3 Å². The SMILES string of the molecule is Cn1cc(CN[C@H]2C[C@H]3C(=O)N[C@@H](Cc4ccccc4)C(=O)N3C2)c(-c2ccccc2)n1. The summed E-state index contributed by atoms with van der Waals surface area (Å²) in [5.74, 6) is -0.0460. The lowest BCUT2D eigenvalue weighted by Crippen LogP contribution is -2.61. The van der Waals surface area contributed by atoms with E-state index in [0.717, 1.165) is 22.4 Å². The second-order valence-corrected chi connectivity index (χ2v) is 8.61. The molecule has 1 aromatic heterocycles. The van der Waals surface area contributed by atoms with Gasteiger partial charge in [0.05, 0.1) is 5.69 Å². The van der Waals surface area contributed by atoms with Gasteiger partial charge >= 0.3 is 0 Å². The second kappa shape index (κ2) is 8.59. The lowest BCUT2D eigenvalue weighted by Gasteiger charge is -2.34. The molecule has 2 saturated heterocycles. The van der Waals surface area contributed by atoms with Crippen molar-refractivity contribution in [2.24, 2.45) is 7.05 Å². The number of piperazine rings is 1. The predicted molar refractivity (Wildman–Crippen MR) is 121 cm³/mol. The van der Waals surface area contributed by atoms with E-state index in [-0.39, 0.29) is 17.9 Å². The summed E-state index contributed by atoms with van der Waals surface area (Å²) in [6.45, 7) is 1.18. The second-order valence-electron chi connectivity index (χ2n) is 8.61. The van der Waals surface area contributed by atoms with Crippen LogP contribution in [-0.2, 0) is 29.6 Å².